The lowest BCUT2D eigenvalue weighted by molar-refractivity contribution is -0.187. The van der Waals surface area contributed by atoms with E-state index in [1.807, 2.05) is 36.1 Å². The maximum absolute atomic E-state index is 13.0. The highest BCUT2D eigenvalue weighted by Gasteiger charge is 2.40. The number of halogens is 1. The van der Waals surface area contributed by atoms with Gasteiger partial charge in [-0.05, 0) is 37.5 Å². The Bertz CT molecular complexity index is 1060. The number of likely N-dealkylation sites (tertiary alicyclic amines) is 1. The Hall–Kier alpha value is -1.68. The smallest absolute Gasteiger partial charge is 0.257 e. The number of aryl methyl sites for hydroxylation is 1. The summed E-state index contributed by atoms with van der Waals surface area (Å²) < 4.78 is 14.1. The zero-order valence-corrected chi connectivity index (χ0v) is 22.3. The molecule has 7 nitrogen and oxygen atoms in total. The van der Waals surface area contributed by atoms with Crippen molar-refractivity contribution in [2.24, 2.45) is 7.05 Å². The third kappa shape index (κ3) is 6.11. The van der Waals surface area contributed by atoms with Crippen molar-refractivity contribution in [1.82, 2.24) is 14.5 Å². The lowest BCUT2D eigenvalue weighted by atomic mass is 10.0. The van der Waals surface area contributed by atoms with E-state index < -0.39 is 5.79 Å². The third-order valence-corrected chi connectivity index (χ3v) is 8.20. The Labute approximate surface area is 213 Å². The van der Waals surface area contributed by atoms with Crippen LogP contribution < -0.4 is 5.56 Å². The molecule has 9 heteroatoms. The monoisotopic (exact) mass is 549 g/mol. The molecule has 0 radical (unpaired) electrons. The Morgan fingerprint density at radius 3 is 2.50 bits per heavy atom. The normalized spacial score (nSPS) is 17.4. The first-order valence-corrected chi connectivity index (χ1v) is 13.6. The highest BCUT2D eigenvalue weighted by atomic mass is 79.9. The molecule has 1 spiro atoms. The summed E-state index contributed by atoms with van der Waals surface area (Å²) in [4.78, 5) is 32.2. The molecule has 184 valence electrons. The van der Waals surface area contributed by atoms with Gasteiger partial charge in [-0.2, -0.15) is 0 Å². The van der Waals surface area contributed by atoms with Gasteiger partial charge in [0.25, 0.3) is 5.56 Å². The molecule has 2 aliphatic heterocycles. The van der Waals surface area contributed by atoms with Crippen molar-refractivity contribution in [3.8, 4) is 0 Å². The van der Waals surface area contributed by atoms with Gasteiger partial charge >= 0.3 is 0 Å². The maximum Gasteiger partial charge on any atom is 0.257 e. The van der Waals surface area contributed by atoms with Crippen LogP contribution in [0.5, 0.6) is 0 Å². The first kappa shape index (κ1) is 25.4. The van der Waals surface area contributed by atoms with E-state index in [-0.39, 0.29) is 11.5 Å². The number of nitrogens with zero attached hydrogens (tertiary/aromatic N) is 3. The SMILES string of the molecule is Cc1nc(SCCCCC(=O)N2CCC3(CC2)OCCO3)n(C)c(=O)c1Cc1ccc(Br)cc1. The summed E-state index contributed by atoms with van der Waals surface area (Å²) in [5.41, 5.74) is 2.60. The number of rotatable bonds is 8. The van der Waals surface area contributed by atoms with Crippen molar-refractivity contribution in [3.05, 3.63) is 55.9 Å². The van der Waals surface area contributed by atoms with Crippen LogP contribution in [0.1, 0.15) is 48.9 Å². The summed E-state index contributed by atoms with van der Waals surface area (Å²) in [6.45, 7) is 4.61. The number of benzene rings is 1. The summed E-state index contributed by atoms with van der Waals surface area (Å²) in [5, 5.41) is 0.728. The summed E-state index contributed by atoms with van der Waals surface area (Å²) in [6, 6.07) is 8.01. The Morgan fingerprint density at radius 1 is 1.15 bits per heavy atom. The lowest BCUT2D eigenvalue weighted by Crippen LogP contribution is -2.47. The molecular weight excluding hydrogens is 518 g/mol. The molecule has 34 heavy (non-hydrogen) atoms. The van der Waals surface area contributed by atoms with E-state index >= 15 is 0 Å². The topological polar surface area (TPSA) is 73.7 Å². The van der Waals surface area contributed by atoms with Crippen molar-refractivity contribution in [1.29, 1.82) is 0 Å². The Morgan fingerprint density at radius 2 is 1.82 bits per heavy atom. The van der Waals surface area contributed by atoms with E-state index in [9.17, 15) is 9.59 Å². The third-order valence-electron chi connectivity index (χ3n) is 6.55. The van der Waals surface area contributed by atoms with Crippen molar-refractivity contribution < 1.29 is 14.3 Å². The van der Waals surface area contributed by atoms with Crippen LogP contribution in [0.25, 0.3) is 0 Å². The van der Waals surface area contributed by atoms with E-state index in [4.69, 9.17) is 14.5 Å². The zero-order valence-electron chi connectivity index (χ0n) is 19.8. The summed E-state index contributed by atoms with van der Waals surface area (Å²) >= 11 is 5.02. The number of piperidine rings is 1. The fourth-order valence-corrected chi connectivity index (χ4v) is 5.72. The molecule has 0 unspecified atom stereocenters. The molecule has 0 N–H and O–H groups in total. The number of aromatic nitrogens is 2. The quantitative estimate of drug-likeness (QED) is 0.280. The van der Waals surface area contributed by atoms with E-state index in [1.54, 1.807) is 23.4 Å². The molecule has 2 aliphatic rings. The molecule has 3 heterocycles. The Balaban J connectivity index is 1.23. The van der Waals surface area contributed by atoms with Gasteiger partial charge in [-0.25, -0.2) is 4.98 Å². The summed E-state index contributed by atoms with van der Waals surface area (Å²) in [6.07, 6.45) is 4.36. The molecule has 0 saturated carbocycles. The molecular formula is C25H32BrN3O4S. The number of amides is 1. The molecule has 0 aliphatic carbocycles. The highest BCUT2D eigenvalue weighted by Crippen LogP contribution is 2.31. The molecule has 2 aromatic rings. The van der Waals surface area contributed by atoms with Crippen LogP contribution in [0.15, 0.2) is 38.7 Å². The van der Waals surface area contributed by atoms with Crippen molar-refractivity contribution in [2.45, 2.75) is 56.4 Å². The number of thioether (sulfide) groups is 1. The molecule has 2 saturated heterocycles. The molecule has 1 amide bonds. The van der Waals surface area contributed by atoms with Crippen LogP contribution >= 0.6 is 27.7 Å². The standard InChI is InChI=1S/C25H32BrN3O4S/c1-18-21(17-19-6-8-20(26)9-7-19)23(31)28(2)24(27-18)34-16-4-3-5-22(30)29-12-10-25(11-13-29)32-14-15-33-25/h6-9H,3-5,10-17H2,1-2H3. The number of carbonyl (C=O) groups excluding carboxylic acids is 1. The van der Waals surface area contributed by atoms with Crippen LogP contribution in [0, 0.1) is 6.92 Å². The van der Waals surface area contributed by atoms with E-state index in [0.717, 1.165) is 57.9 Å². The van der Waals surface area contributed by atoms with Crippen molar-refractivity contribution >= 4 is 33.6 Å². The molecule has 1 aromatic carbocycles. The predicted octanol–water partition coefficient (Wildman–Crippen LogP) is 4.07. The van der Waals surface area contributed by atoms with Crippen LogP contribution in [0.4, 0.5) is 0 Å². The van der Waals surface area contributed by atoms with Gasteiger partial charge in [-0.15, -0.1) is 0 Å². The predicted molar refractivity (Wildman–Crippen MR) is 136 cm³/mol. The summed E-state index contributed by atoms with van der Waals surface area (Å²) in [5.74, 6) is 0.586. The first-order valence-electron chi connectivity index (χ1n) is 11.9. The van der Waals surface area contributed by atoms with Crippen LogP contribution in [0.3, 0.4) is 0 Å². The van der Waals surface area contributed by atoms with E-state index in [1.165, 1.54) is 0 Å². The van der Waals surface area contributed by atoms with Crippen LogP contribution in [-0.4, -0.2) is 58.2 Å². The van der Waals surface area contributed by atoms with Gasteiger partial charge in [-0.1, -0.05) is 39.8 Å². The maximum atomic E-state index is 13.0. The molecule has 1 aromatic heterocycles. The second kappa shape index (κ2) is 11.4. The fourth-order valence-electron chi connectivity index (χ4n) is 4.45. The van der Waals surface area contributed by atoms with Crippen molar-refractivity contribution in [2.75, 3.05) is 32.1 Å². The minimum atomic E-state index is -0.442. The number of carbonyl (C=O) groups is 1. The minimum absolute atomic E-state index is 0.00573. The first-order chi connectivity index (χ1) is 16.4. The van der Waals surface area contributed by atoms with E-state index in [2.05, 4.69) is 15.9 Å². The largest absolute Gasteiger partial charge is 0.347 e. The molecule has 2 fully saturated rings. The number of hydrogen-bond acceptors (Lipinski definition) is 6. The Kier molecular flexibility index (Phi) is 8.50. The lowest BCUT2D eigenvalue weighted by Gasteiger charge is -2.37. The molecule has 4 rings (SSSR count). The number of ether oxygens (including phenoxy) is 2. The number of unbranched alkanes of at least 4 members (excludes halogenated alkanes) is 1. The van der Waals surface area contributed by atoms with Gasteiger partial charge in [0.15, 0.2) is 10.9 Å². The van der Waals surface area contributed by atoms with Gasteiger partial charge in [0.05, 0.1) is 13.2 Å². The van der Waals surface area contributed by atoms with Crippen LogP contribution in [-0.2, 0) is 27.7 Å². The van der Waals surface area contributed by atoms with Crippen LogP contribution in [0.2, 0.25) is 0 Å². The second-order valence-electron chi connectivity index (χ2n) is 8.92. The second-order valence-corrected chi connectivity index (χ2v) is 10.9. The molecule has 0 bridgehead atoms. The van der Waals surface area contributed by atoms with Gasteiger partial charge in [0, 0.05) is 67.3 Å². The van der Waals surface area contributed by atoms with Gasteiger partial charge in [0.1, 0.15) is 0 Å². The molecule has 0 atom stereocenters. The highest BCUT2D eigenvalue weighted by molar-refractivity contribution is 9.10. The van der Waals surface area contributed by atoms with Gasteiger partial charge in [-0.3, -0.25) is 14.2 Å². The average Bonchev–Trinajstić information content (AvgIpc) is 3.29. The number of hydrogen-bond donors (Lipinski definition) is 0. The minimum Gasteiger partial charge on any atom is -0.347 e. The van der Waals surface area contributed by atoms with Gasteiger partial charge in [0.2, 0.25) is 5.91 Å². The summed E-state index contributed by atoms with van der Waals surface area (Å²) in [7, 11) is 1.78. The van der Waals surface area contributed by atoms with Crippen molar-refractivity contribution in [3.63, 3.8) is 0 Å². The van der Waals surface area contributed by atoms with E-state index in [0.29, 0.717) is 39.1 Å². The zero-order chi connectivity index (χ0) is 24.1. The fraction of sp³-hybridized carbons (Fsp3) is 0.560. The van der Waals surface area contributed by atoms with Gasteiger partial charge < -0.3 is 14.4 Å². The average molecular weight is 551 g/mol.